The zero-order valence-corrected chi connectivity index (χ0v) is 10.2. The summed E-state index contributed by atoms with van der Waals surface area (Å²) in [5.74, 6) is 1.31. The van der Waals surface area contributed by atoms with Crippen LogP contribution in [-0.2, 0) is 6.42 Å². The molecule has 2 aromatic rings. The van der Waals surface area contributed by atoms with Crippen LogP contribution in [0.25, 0.3) is 11.5 Å². The predicted octanol–water partition coefficient (Wildman–Crippen LogP) is 2.20. The molecule has 0 saturated heterocycles. The van der Waals surface area contributed by atoms with E-state index in [0.29, 0.717) is 11.8 Å². The van der Waals surface area contributed by atoms with E-state index in [9.17, 15) is 0 Å². The Labute approximate surface area is 101 Å². The summed E-state index contributed by atoms with van der Waals surface area (Å²) in [4.78, 5) is 0. The lowest BCUT2D eigenvalue weighted by Crippen LogP contribution is -2.08. The second-order valence-electron chi connectivity index (χ2n) is 4.08. The van der Waals surface area contributed by atoms with E-state index in [0.717, 1.165) is 24.9 Å². The summed E-state index contributed by atoms with van der Waals surface area (Å²) in [6.07, 6.45) is 1.83. The molecule has 1 aromatic heterocycles. The molecule has 17 heavy (non-hydrogen) atoms. The fourth-order valence-electron chi connectivity index (χ4n) is 1.67. The first-order chi connectivity index (χ1) is 8.29. The summed E-state index contributed by atoms with van der Waals surface area (Å²) in [5.41, 5.74) is 2.18. The SMILES string of the molecule is CNCCCc1nnc(-c2cccc(C)c2)o1. The molecule has 0 amide bonds. The van der Waals surface area contributed by atoms with Crippen molar-refractivity contribution in [3.8, 4) is 11.5 Å². The zero-order valence-electron chi connectivity index (χ0n) is 10.2. The third-order valence-corrected chi connectivity index (χ3v) is 2.55. The Morgan fingerprint density at radius 2 is 2.18 bits per heavy atom. The molecular weight excluding hydrogens is 214 g/mol. The molecule has 4 nitrogen and oxygen atoms in total. The van der Waals surface area contributed by atoms with Crippen molar-refractivity contribution >= 4 is 0 Å². The van der Waals surface area contributed by atoms with Gasteiger partial charge >= 0.3 is 0 Å². The highest BCUT2D eigenvalue weighted by Crippen LogP contribution is 2.19. The van der Waals surface area contributed by atoms with E-state index in [4.69, 9.17) is 4.42 Å². The minimum Gasteiger partial charge on any atom is -0.421 e. The Morgan fingerprint density at radius 3 is 2.94 bits per heavy atom. The van der Waals surface area contributed by atoms with Gasteiger partial charge in [-0.1, -0.05) is 17.7 Å². The fourth-order valence-corrected chi connectivity index (χ4v) is 1.67. The third kappa shape index (κ3) is 3.14. The lowest BCUT2D eigenvalue weighted by Gasteiger charge is -1.96. The molecule has 0 radical (unpaired) electrons. The second kappa shape index (κ2) is 5.59. The normalized spacial score (nSPS) is 10.7. The molecule has 0 bridgehead atoms. The Morgan fingerprint density at radius 1 is 1.29 bits per heavy atom. The fraction of sp³-hybridized carbons (Fsp3) is 0.385. The van der Waals surface area contributed by atoms with Crippen molar-refractivity contribution in [2.24, 2.45) is 0 Å². The van der Waals surface area contributed by atoms with Gasteiger partial charge in [-0.3, -0.25) is 0 Å². The molecule has 4 heteroatoms. The second-order valence-corrected chi connectivity index (χ2v) is 4.08. The molecule has 0 atom stereocenters. The summed E-state index contributed by atoms with van der Waals surface area (Å²) in [5, 5.41) is 11.2. The first-order valence-corrected chi connectivity index (χ1v) is 5.83. The van der Waals surface area contributed by atoms with Crippen molar-refractivity contribution in [3.63, 3.8) is 0 Å². The topological polar surface area (TPSA) is 51.0 Å². The zero-order chi connectivity index (χ0) is 12.1. The highest BCUT2D eigenvalue weighted by Gasteiger charge is 2.07. The first-order valence-electron chi connectivity index (χ1n) is 5.83. The first kappa shape index (κ1) is 11.8. The van der Waals surface area contributed by atoms with E-state index in [1.165, 1.54) is 5.56 Å². The molecule has 0 fully saturated rings. The van der Waals surface area contributed by atoms with Gasteiger partial charge in [0, 0.05) is 12.0 Å². The van der Waals surface area contributed by atoms with Crippen LogP contribution < -0.4 is 5.32 Å². The number of hydrogen-bond donors (Lipinski definition) is 1. The average Bonchev–Trinajstić information content (AvgIpc) is 2.78. The minimum absolute atomic E-state index is 0.605. The van der Waals surface area contributed by atoms with Crippen molar-refractivity contribution in [3.05, 3.63) is 35.7 Å². The van der Waals surface area contributed by atoms with E-state index >= 15 is 0 Å². The highest BCUT2D eigenvalue weighted by molar-refractivity contribution is 5.53. The quantitative estimate of drug-likeness (QED) is 0.801. The van der Waals surface area contributed by atoms with Crippen molar-refractivity contribution in [2.45, 2.75) is 19.8 Å². The van der Waals surface area contributed by atoms with Crippen LogP contribution in [0.3, 0.4) is 0 Å². The molecule has 0 aliphatic rings. The largest absolute Gasteiger partial charge is 0.421 e. The van der Waals surface area contributed by atoms with Crippen molar-refractivity contribution in [1.29, 1.82) is 0 Å². The Hall–Kier alpha value is -1.68. The monoisotopic (exact) mass is 231 g/mol. The number of nitrogens with zero attached hydrogens (tertiary/aromatic N) is 2. The molecule has 0 spiro atoms. The minimum atomic E-state index is 0.605. The maximum Gasteiger partial charge on any atom is 0.247 e. The summed E-state index contributed by atoms with van der Waals surface area (Å²) >= 11 is 0. The van der Waals surface area contributed by atoms with Crippen LogP contribution >= 0.6 is 0 Å². The number of rotatable bonds is 5. The molecule has 1 aromatic carbocycles. The molecule has 90 valence electrons. The number of hydrogen-bond acceptors (Lipinski definition) is 4. The number of aryl methyl sites for hydroxylation is 2. The van der Waals surface area contributed by atoms with Crippen LogP contribution in [0, 0.1) is 6.92 Å². The standard InChI is InChI=1S/C13H17N3O/c1-10-5-3-6-11(9-10)13-16-15-12(17-13)7-4-8-14-2/h3,5-6,9,14H,4,7-8H2,1-2H3. The van der Waals surface area contributed by atoms with Gasteiger partial charge in [-0.05, 0) is 39.1 Å². The molecule has 1 heterocycles. The summed E-state index contributed by atoms with van der Waals surface area (Å²) in [6, 6.07) is 8.08. The van der Waals surface area contributed by atoms with Crippen LogP contribution in [0.15, 0.2) is 28.7 Å². The van der Waals surface area contributed by atoms with Crippen LogP contribution in [0.2, 0.25) is 0 Å². The van der Waals surface area contributed by atoms with Crippen molar-refractivity contribution < 1.29 is 4.42 Å². The van der Waals surface area contributed by atoms with E-state index in [1.54, 1.807) is 0 Å². The highest BCUT2D eigenvalue weighted by atomic mass is 16.4. The van der Waals surface area contributed by atoms with Crippen molar-refractivity contribution in [1.82, 2.24) is 15.5 Å². The third-order valence-electron chi connectivity index (χ3n) is 2.55. The van der Waals surface area contributed by atoms with E-state index in [1.807, 2.05) is 38.2 Å². The van der Waals surface area contributed by atoms with Crippen LogP contribution in [0.4, 0.5) is 0 Å². The molecule has 0 unspecified atom stereocenters. The Balaban J connectivity index is 2.07. The molecule has 2 rings (SSSR count). The smallest absolute Gasteiger partial charge is 0.247 e. The lowest BCUT2D eigenvalue weighted by atomic mass is 10.1. The lowest BCUT2D eigenvalue weighted by molar-refractivity contribution is 0.495. The van der Waals surface area contributed by atoms with Gasteiger partial charge in [0.25, 0.3) is 0 Å². The Bertz CT molecular complexity index is 479. The maximum absolute atomic E-state index is 5.62. The van der Waals surface area contributed by atoms with Gasteiger partial charge in [0.2, 0.25) is 11.8 Å². The number of nitrogens with one attached hydrogen (secondary N) is 1. The van der Waals surface area contributed by atoms with Gasteiger partial charge in [0.15, 0.2) is 0 Å². The van der Waals surface area contributed by atoms with Crippen LogP contribution in [-0.4, -0.2) is 23.8 Å². The molecular formula is C13H17N3O. The predicted molar refractivity (Wildman–Crippen MR) is 66.7 cm³/mol. The van der Waals surface area contributed by atoms with Crippen molar-refractivity contribution in [2.75, 3.05) is 13.6 Å². The molecule has 0 aliphatic carbocycles. The van der Waals surface area contributed by atoms with E-state index in [2.05, 4.69) is 15.5 Å². The summed E-state index contributed by atoms with van der Waals surface area (Å²) in [7, 11) is 1.94. The van der Waals surface area contributed by atoms with E-state index in [-0.39, 0.29) is 0 Å². The van der Waals surface area contributed by atoms with Gasteiger partial charge in [-0.2, -0.15) is 0 Å². The van der Waals surface area contributed by atoms with E-state index < -0.39 is 0 Å². The summed E-state index contributed by atoms with van der Waals surface area (Å²) in [6.45, 7) is 3.01. The molecule has 1 N–H and O–H groups in total. The maximum atomic E-state index is 5.62. The Kier molecular flexibility index (Phi) is 3.88. The van der Waals surface area contributed by atoms with Gasteiger partial charge in [0.05, 0.1) is 0 Å². The molecule has 0 aliphatic heterocycles. The van der Waals surface area contributed by atoms with Gasteiger partial charge in [-0.15, -0.1) is 10.2 Å². The summed E-state index contributed by atoms with van der Waals surface area (Å²) < 4.78 is 5.62. The van der Waals surface area contributed by atoms with Gasteiger partial charge in [-0.25, -0.2) is 0 Å². The number of benzene rings is 1. The van der Waals surface area contributed by atoms with Crippen LogP contribution in [0.5, 0.6) is 0 Å². The number of aromatic nitrogens is 2. The van der Waals surface area contributed by atoms with Crippen LogP contribution in [0.1, 0.15) is 17.9 Å². The van der Waals surface area contributed by atoms with Gasteiger partial charge < -0.3 is 9.73 Å². The molecule has 0 saturated carbocycles. The average molecular weight is 231 g/mol. The van der Waals surface area contributed by atoms with Gasteiger partial charge in [0.1, 0.15) is 0 Å².